The summed E-state index contributed by atoms with van der Waals surface area (Å²) in [5, 5.41) is 7.29. The summed E-state index contributed by atoms with van der Waals surface area (Å²) in [7, 11) is 0. The fourth-order valence-corrected chi connectivity index (χ4v) is 3.59. The lowest BCUT2D eigenvalue weighted by molar-refractivity contribution is 0.144. The van der Waals surface area contributed by atoms with E-state index in [9.17, 15) is 0 Å². The smallest absolute Gasteiger partial charge is 0.134 e. The molecule has 1 aromatic rings. The zero-order valence-electron chi connectivity index (χ0n) is 11.2. The lowest BCUT2D eigenvalue weighted by Gasteiger charge is -2.53. The molecule has 1 saturated heterocycles. The van der Waals surface area contributed by atoms with Crippen molar-refractivity contribution in [3.05, 3.63) is 29.8 Å². The number of hydrogen-bond donors (Lipinski definition) is 2. The zero-order valence-corrected chi connectivity index (χ0v) is 11.2. The maximum Gasteiger partial charge on any atom is 0.134 e. The Morgan fingerprint density at radius 3 is 2.89 bits per heavy atom. The molecule has 19 heavy (non-hydrogen) atoms. The molecule has 100 valence electrons. The fourth-order valence-electron chi connectivity index (χ4n) is 3.59. The van der Waals surface area contributed by atoms with Crippen LogP contribution in [-0.2, 0) is 0 Å². The maximum atomic E-state index is 4.82. The molecule has 0 aromatic heterocycles. The molecule has 3 aliphatic heterocycles. The molecule has 1 fully saturated rings. The number of para-hydroxylation sites is 1. The van der Waals surface area contributed by atoms with Gasteiger partial charge in [0.1, 0.15) is 11.5 Å². The van der Waals surface area contributed by atoms with Crippen LogP contribution in [0, 0.1) is 0 Å². The highest BCUT2D eigenvalue weighted by molar-refractivity contribution is 6.06. The molecular weight excluding hydrogens is 236 g/mol. The number of benzene rings is 1. The number of piperidine rings is 1. The van der Waals surface area contributed by atoms with Crippen molar-refractivity contribution in [2.45, 2.75) is 24.9 Å². The predicted molar refractivity (Wildman–Crippen MR) is 77.6 cm³/mol. The van der Waals surface area contributed by atoms with Crippen molar-refractivity contribution in [2.75, 3.05) is 31.5 Å². The van der Waals surface area contributed by atoms with E-state index in [-0.39, 0.29) is 5.66 Å². The van der Waals surface area contributed by atoms with Crippen LogP contribution in [0.1, 0.15) is 24.8 Å². The van der Waals surface area contributed by atoms with E-state index in [1.165, 1.54) is 23.5 Å². The van der Waals surface area contributed by atoms with E-state index >= 15 is 0 Å². The average Bonchev–Trinajstić information content (AvgIpc) is 2.49. The molecule has 1 spiro atoms. The molecule has 0 unspecified atom stereocenters. The van der Waals surface area contributed by atoms with Crippen LogP contribution >= 0.6 is 0 Å². The second-order valence-corrected chi connectivity index (χ2v) is 5.66. The fraction of sp³-hybridized carbons (Fsp3) is 0.533. The van der Waals surface area contributed by atoms with Crippen LogP contribution < -0.4 is 10.6 Å². The van der Waals surface area contributed by atoms with Gasteiger partial charge in [0.25, 0.3) is 0 Å². The third kappa shape index (κ3) is 1.66. The Kier molecular flexibility index (Phi) is 2.52. The van der Waals surface area contributed by atoms with E-state index in [4.69, 9.17) is 4.99 Å². The minimum Gasteiger partial charge on any atom is -0.362 e. The Balaban J connectivity index is 1.84. The van der Waals surface area contributed by atoms with Gasteiger partial charge in [-0.2, -0.15) is 0 Å². The average molecular weight is 256 g/mol. The summed E-state index contributed by atoms with van der Waals surface area (Å²) in [6.07, 6.45) is 3.45. The first-order valence-corrected chi connectivity index (χ1v) is 7.29. The first kappa shape index (κ1) is 11.3. The van der Waals surface area contributed by atoms with E-state index in [0.717, 1.165) is 39.0 Å². The van der Waals surface area contributed by atoms with Crippen LogP contribution in [0.3, 0.4) is 0 Å². The molecule has 4 rings (SSSR count). The van der Waals surface area contributed by atoms with Gasteiger partial charge >= 0.3 is 0 Å². The molecule has 4 heteroatoms. The van der Waals surface area contributed by atoms with Crippen LogP contribution in [0.15, 0.2) is 29.3 Å². The van der Waals surface area contributed by atoms with Crippen molar-refractivity contribution in [2.24, 2.45) is 4.99 Å². The van der Waals surface area contributed by atoms with E-state index in [2.05, 4.69) is 39.8 Å². The lowest BCUT2D eigenvalue weighted by atomic mass is 9.90. The van der Waals surface area contributed by atoms with Gasteiger partial charge in [0.15, 0.2) is 0 Å². The van der Waals surface area contributed by atoms with Crippen LogP contribution in [0.5, 0.6) is 0 Å². The molecule has 0 saturated carbocycles. The van der Waals surface area contributed by atoms with Gasteiger partial charge in [-0.3, -0.25) is 4.99 Å². The molecule has 0 amide bonds. The van der Waals surface area contributed by atoms with Crippen LogP contribution in [0.2, 0.25) is 0 Å². The predicted octanol–water partition coefficient (Wildman–Crippen LogP) is 1.64. The van der Waals surface area contributed by atoms with Gasteiger partial charge in [0.05, 0.1) is 0 Å². The summed E-state index contributed by atoms with van der Waals surface area (Å²) >= 11 is 0. The van der Waals surface area contributed by atoms with E-state index < -0.39 is 0 Å². The van der Waals surface area contributed by atoms with Crippen molar-refractivity contribution in [1.29, 1.82) is 0 Å². The summed E-state index contributed by atoms with van der Waals surface area (Å²) in [5.74, 6) is 1.21. The van der Waals surface area contributed by atoms with Crippen LogP contribution in [-0.4, -0.2) is 42.6 Å². The number of nitrogens with one attached hydrogen (secondary N) is 2. The van der Waals surface area contributed by atoms with Gasteiger partial charge in [-0.05, 0) is 31.6 Å². The second kappa shape index (κ2) is 4.23. The third-order valence-electron chi connectivity index (χ3n) is 4.54. The third-order valence-corrected chi connectivity index (χ3v) is 4.54. The maximum absolute atomic E-state index is 4.82. The van der Waals surface area contributed by atoms with Gasteiger partial charge in [-0.25, -0.2) is 0 Å². The number of fused-ring (bicyclic) bond motifs is 4. The highest BCUT2D eigenvalue weighted by Gasteiger charge is 2.44. The second-order valence-electron chi connectivity index (χ2n) is 5.66. The number of rotatable bonds is 0. The van der Waals surface area contributed by atoms with Gasteiger partial charge < -0.3 is 15.5 Å². The Hall–Kier alpha value is -1.55. The van der Waals surface area contributed by atoms with Gasteiger partial charge in [0, 0.05) is 37.2 Å². The SMILES string of the molecule is c1ccc2c(c1)NC1(CCNCC1)N1CCCN=C21. The molecule has 4 nitrogen and oxygen atoms in total. The van der Waals surface area contributed by atoms with Gasteiger partial charge in [0.2, 0.25) is 0 Å². The highest BCUT2D eigenvalue weighted by atomic mass is 15.4. The number of anilines is 1. The highest BCUT2D eigenvalue weighted by Crippen LogP contribution is 2.37. The monoisotopic (exact) mass is 256 g/mol. The zero-order chi connectivity index (χ0) is 12.7. The standard InChI is InChI=1S/C15H20N4/c1-2-5-13-12(4-1)14-17-8-3-11-19(14)15(18-13)6-9-16-10-7-15/h1-2,4-5,16,18H,3,6-11H2. The van der Waals surface area contributed by atoms with Crippen LogP contribution in [0.25, 0.3) is 0 Å². The van der Waals surface area contributed by atoms with Crippen molar-refractivity contribution in [1.82, 2.24) is 10.2 Å². The largest absolute Gasteiger partial charge is 0.362 e. The number of hydrogen-bond acceptors (Lipinski definition) is 4. The number of nitrogens with zero attached hydrogens (tertiary/aromatic N) is 2. The summed E-state index contributed by atoms with van der Waals surface area (Å²) in [6, 6.07) is 8.59. The van der Waals surface area contributed by atoms with Crippen molar-refractivity contribution >= 4 is 11.5 Å². The van der Waals surface area contributed by atoms with Gasteiger partial charge in [-0.1, -0.05) is 12.1 Å². The molecule has 0 atom stereocenters. The lowest BCUT2D eigenvalue weighted by Crippen LogP contribution is -2.64. The molecule has 0 radical (unpaired) electrons. The van der Waals surface area contributed by atoms with Crippen molar-refractivity contribution in [3.8, 4) is 0 Å². The van der Waals surface area contributed by atoms with Crippen molar-refractivity contribution in [3.63, 3.8) is 0 Å². The van der Waals surface area contributed by atoms with E-state index in [1.54, 1.807) is 0 Å². The molecule has 3 heterocycles. The summed E-state index contributed by atoms with van der Waals surface area (Å²) in [4.78, 5) is 7.35. The van der Waals surface area contributed by atoms with E-state index in [0.29, 0.717) is 0 Å². The molecule has 1 aromatic carbocycles. The minimum atomic E-state index is 0.0822. The molecular formula is C15H20N4. The Morgan fingerprint density at radius 2 is 2.00 bits per heavy atom. The number of aliphatic imine (C=N–C) groups is 1. The molecule has 3 aliphatic rings. The Morgan fingerprint density at radius 1 is 1.16 bits per heavy atom. The molecule has 0 aliphatic carbocycles. The number of amidine groups is 1. The Bertz CT molecular complexity index is 517. The normalized spacial score (nSPS) is 24.2. The Labute approximate surface area is 113 Å². The molecule has 2 N–H and O–H groups in total. The molecule has 0 bridgehead atoms. The van der Waals surface area contributed by atoms with Gasteiger partial charge in [-0.15, -0.1) is 0 Å². The summed E-state index contributed by atoms with van der Waals surface area (Å²) < 4.78 is 0. The quantitative estimate of drug-likeness (QED) is 0.741. The minimum absolute atomic E-state index is 0.0822. The van der Waals surface area contributed by atoms with E-state index in [1.807, 2.05) is 0 Å². The first-order chi connectivity index (χ1) is 9.39. The summed E-state index contributed by atoms with van der Waals surface area (Å²) in [5.41, 5.74) is 2.60. The first-order valence-electron chi connectivity index (χ1n) is 7.29. The van der Waals surface area contributed by atoms with Crippen LogP contribution in [0.4, 0.5) is 5.69 Å². The topological polar surface area (TPSA) is 39.7 Å². The summed E-state index contributed by atoms with van der Waals surface area (Å²) in [6.45, 7) is 4.26. The van der Waals surface area contributed by atoms with Crippen molar-refractivity contribution < 1.29 is 0 Å².